The van der Waals surface area contributed by atoms with Crippen LogP contribution in [0.25, 0.3) is 0 Å². The Hall–Kier alpha value is 1.13. The van der Waals surface area contributed by atoms with E-state index in [-0.39, 0.29) is 0 Å². The van der Waals surface area contributed by atoms with Crippen LogP contribution in [0.4, 0.5) is 0 Å². The van der Waals surface area contributed by atoms with E-state index in [9.17, 15) is 0 Å². The Balaban J connectivity index is 3.17. The Bertz CT molecular complexity index is 66.9. The summed E-state index contributed by atoms with van der Waals surface area (Å²) in [6.45, 7) is 0. The third-order valence-electron chi connectivity index (χ3n) is 0.245. The Morgan fingerprint density at radius 1 is 1.83 bits per heavy atom. The Morgan fingerprint density at radius 2 is 2.50 bits per heavy atom. The van der Waals surface area contributed by atoms with E-state index in [1.54, 1.807) is 0 Å². The van der Waals surface area contributed by atoms with Crippen molar-refractivity contribution in [3.63, 3.8) is 0 Å². The third-order valence-corrected chi connectivity index (χ3v) is 1.74. The summed E-state index contributed by atoms with van der Waals surface area (Å²) in [6, 6.07) is 0. The van der Waals surface area contributed by atoms with Gasteiger partial charge in [-0.3, -0.25) is 0 Å². The fourth-order valence-corrected chi connectivity index (χ4v) is 1.47. The molecule has 0 N–H and O–H groups in total. The Morgan fingerprint density at radius 3 is 2.67 bits per heavy atom. The van der Waals surface area contributed by atoms with Crippen LogP contribution in [0, 0.1) is 0 Å². The van der Waals surface area contributed by atoms with Crippen molar-refractivity contribution in [1.29, 1.82) is 0 Å². The molecule has 0 radical (unpaired) electrons. The van der Waals surface area contributed by atoms with Crippen molar-refractivity contribution in [3.8, 4) is 0 Å². The molecule has 0 nitrogen and oxygen atoms in total. The van der Waals surface area contributed by atoms with Crippen molar-refractivity contribution in [2.45, 2.75) is 0 Å². The van der Waals surface area contributed by atoms with Crippen molar-refractivity contribution in [3.05, 3.63) is 11.9 Å². The van der Waals surface area contributed by atoms with E-state index in [0.29, 0.717) is 0 Å². The first-order valence-corrected chi connectivity index (χ1v) is 5.94. The quantitative estimate of drug-likeness (QED) is 0.410. The molecule has 6 heavy (non-hydrogen) atoms. The van der Waals surface area contributed by atoms with E-state index < -0.39 is 0 Å². The minimum absolute atomic E-state index is 0.875. The molecule has 0 rings (SSSR count). The average Bonchev–Trinajstić information content (AvgIpc) is 1.61. The van der Waals surface area contributed by atoms with Gasteiger partial charge in [0, 0.05) is 0 Å². The van der Waals surface area contributed by atoms with Gasteiger partial charge in [0.2, 0.25) is 0 Å². The molecular formula is C3H3P2Tl-. The van der Waals surface area contributed by atoms with Gasteiger partial charge in [-0.1, -0.05) is 0 Å². The molecule has 0 fully saturated rings. The van der Waals surface area contributed by atoms with Gasteiger partial charge in [-0.05, 0) is 0 Å². The molecule has 0 aromatic rings. The van der Waals surface area contributed by atoms with Crippen LogP contribution in [0.3, 0.4) is 0 Å². The summed E-state index contributed by atoms with van der Waals surface area (Å²) in [5, 5.41) is 0. The monoisotopic (exact) mass is 306 g/mol. The maximum atomic E-state index is 3.26. The number of rotatable bonds is 2. The molecule has 0 heterocycles. The second-order valence-electron chi connectivity index (χ2n) is 0.612. The van der Waals surface area contributed by atoms with Crippen LogP contribution in [0.2, 0.25) is 0 Å². The van der Waals surface area contributed by atoms with Crippen LogP contribution in [-0.2, 0) is 0 Å². The molecule has 0 aliphatic rings. The molecule has 0 aliphatic heterocycles. The summed E-state index contributed by atoms with van der Waals surface area (Å²) in [7, 11) is 4.39. The molecule has 0 unspecified atom stereocenters. The second-order valence-corrected chi connectivity index (χ2v) is 3.24. The average molecular weight is 305 g/mol. The van der Waals surface area contributed by atoms with Crippen LogP contribution in [0.15, 0.2) is 11.9 Å². The zero-order valence-corrected chi connectivity index (χ0v) is 9.56. The number of hydrogen-bond donors (Lipinski definition) is 0. The molecule has 0 bridgehead atoms. The van der Waals surface area contributed by atoms with Crippen LogP contribution in [0.5, 0.6) is 0 Å². The molecular weight excluding hydrogens is 302 g/mol. The van der Waals surface area contributed by atoms with Crippen LogP contribution >= 0.6 is 16.4 Å². The van der Waals surface area contributed by atoms with Gasteiger partial charge in [0.05, 0.1) is 0 Å². The predicted octanol–water partition coefficient (Wildman–Crippen LogP) is 1.35. The zero-order chi connectivity index (χ0) is 4.83. The van der Waals surface area contributed by atoms with Crippen molar-refractivity contribution in [2.75, 3.05) is 0 Å². The van der Waals surface area contributed by atoms with E-state index in [0.717, 1.165) is 33.1 Å². The first kappa shape index (κ1) is 7.13. The predicted molar refractivity (Wildman–Crippen MR) is 35.1 cm³/mol. The summed E-state index contributed by atoms with van der Waals surface area (Å²) in [6.07, 6.45) is 1.94. The summed E-state index contributed by atoms with van der Waals surface area (Å²) >= 11 is 0.875. The standard InChI is InChI=1S/C3H3P2.Tl/c1-2-3-5-4;/h2-4H;/q-1;. The molecule has 0 aliphatic carbocycles. The first-order chi connectivity index (χ1) is 2.91. The molecule has 0 saturated heterocycles. The van der Waals surface area contributed by atoms with Gasteiger partial charge in [0.25, 0.3) is 0 Å². The summed E-state index contributed by atoms with van der Waals surface area (Å²) in [5.41, 5.74) is 0. The normalized spacial score (nSPS) is 10.3. The fourth-order valence-electron chi connectivity index (χ4n) is 0.0803. The molecule has 0 saturated carbocycles. The van der Waals surface area contributed by atoms with E-state index in [1.807, 2.05) is 11.9 Å². The fraction of sp³-hybridized carbons (Fsp3) is 0. The van der Waals surface area contributed by atoms with Gasteiger partial charge in [0.1, 0.15) is 0 Å². The zero-order valence-electron chi connectivity index (χ0n) is 3.18. The third kappa shape index (κ3) is 5.13. The topological polar surface area (TPSA) is 0 Å². The first-order valence-electron chi connectivity index (χ1n) is 1.39. The van der Waals surface area contributed by atoms with Crippen LogP contribution in [-0.4, -0.2) is 28.8 Å². The van der Waals surface area contributed by atoms with Gasteiger partial charge in [-0.15, -0.1) is 0 Å². The van der Waals surface area contributed by atoms with Gasteiger partial charge in [-0.25, -0.2) is 0 Å². The van der Waals surface area contributed by atoms with E-state index in [4.69, 9.17) is 0 Å². The molecule has 0 aromatic carbocycles. The van der Waals surface area contributed by atoms with Gasteiger partial charge in [-0.2, -0.15) is 0 Å². The summed E-state index contributed by atoms with van der Waals surface area (Å²) < 4.78 is 3.02. The number of hydrogen-bond acceptors (Lipinski definition) is 0. The van der Waals surface area contributed by atoms with Gasteiger partial charge in [0.15, 0.2) is 0 Å². The molecule has 0 amide bonds. The minimum atomic E-state index is 0.875. The summed E-state index contributed by atoms with van der Waals surface area (Å²) in [5.74, 6) is 2.00. The van der Waals surface area contributed by atoms with Crippen molar-refractivity contribution in [1.82, 2.24) is 0 Å². The Kier molecular flexibility index (Phi) is 7.29. The Labute approximate surface area is 57.0 Å². The summed E-state index contributed by atoms with van der Waals surface area (Å²) in [4.78, 5) is 0. The van der Waals surface area contributed by atoms with Crippen LogP contribution in [0.1, 0.15) is 0 Å². The van der Waals surface area contributed by atoms with Gasteiger partial charge >= 0.3 is 57.1 Å². The van der Waals surface area contributed by atoms with Crippen molar-refractivity contribution < 1.29 is 0 Å². The van der Waals surface area contributed by atoms with E-state index >= 15 is 0 Å². The maximum absolute atomic E-state index is 3.26. The van der Waals surface area contributed by atoms with Crippen LogP contribution < -0.4 is 0 Å². The molecule has 0 aromatic heterocycles. The van der Waals surface area contributed by atoms with Gasteiger partial charge < -0.3 is 0 Å². The van der Waals surface area contributed by atoms with Crippen molar-refractivity contribution >= 4 is 45.2 Å². The van der Waals surface area contributed by atoms with Crippen molar-refractivity contribution in [2.24, 2.45) is 0 Å². The SMILES string of the molecule is P=PC=C[C-]=[Tl]. The van der Waals surface area contributed by atoms with E-state index in [1.165, 1.54) is 0 Å². The van der Waals surface area contributed by atoms with E-state index in [2.05, 4.69) is 12.1 Å². The molecule has 29 valence electrons. The molecule has 0 atom stereocenters. The number of allylic oxidation sites excluding steroid dienone is 1. The molecule has 0 spiro atoms. The second kappa shape index (κ2) is 6.13. The molecule has 3 heteroatoms.